The highest BCUT2D eigenvalue weighted by Gasteiger charge is 2.06. The first-order valence-electron chi connectivity index (χ1n) is 10.8. The quantitative estimate of drug-likeness (QED) is 0.466. The number of carbonyl (C=O) groups is 1. The topological polar surface area (TPSA) is 49.3 Å². The lowest BCUT2D eigenvalue weighted by Crippen LogP contribution is -2.13. The highest BCUT2D eigenvalue weighted by Crippen LogP contribution is 2.12. The standard InChI is InChI=1S/C28H29NO2/c1-3-4-5-22-6-8-23(9-7-22)10-11-24-12-14-25(15-13-24)19-29-20-26-16-17-27(28(30)31)21(2)18-26/h6-9,12-18,29H,3-5,19-20H2,1-2H3,(H,30,31). The third-order valence-electron chi connectivity index (χ3n) is 5.26. The van der Waals surface area contributed by atoms with Crippen molar-refractivity contribution in [2.24, 2.45) is 0 Å². The summed E-state index contributed by atoms with van der Waals surface area (Å²) in [6.07, 6.45) is 3.57. The lowest BCUT2D eigenvalue weighted by molar-refractivity contribution is 0.0696. The van der Waals surface area contributed by atoms with Crippen molar-refractivity contribution >= 4 is 5.97 Å². The molecule has 0 spiro atoms. The van der Waals surface area contributed by atoms with Crippen molar-refractivity contribution in [3.63, 3.8) is 0 Å². The van der Waals surface area contributed by atoms with Gasteiger partial charge in [-0.15, -0.1) is 0 Å². The maximum atomic E-state index is 11.1. The van der Waals surface area contributed by atoms with Crippen LogP contribution in [0.2, 0.25) is 0 Å². The minimum absolute atomic E-state index is 0.355. The van der Waals surface area contributed by atoms with Gasteiger partial charge < -0.3 is 10.4 Å². The second-order valence-corrected chi connectivity index (χ2v) is 7.81. The van der Waals surface area contributed by atoms with E-state index in [-0.39, 0.29) is 0 Å². The van der Waals surface area contributed by atoms with Crippen molar-refractivity contribution in [2.45, 2.75) is 46.2 Å². The van der Waals surface area contributed by atoms with E-state index in [1.807, 2.05) is 31.2 Å². The van der Waals surface area contributed by atoms with Gasteiger partial charge >= 0.3 is 5.97 Å². The van der Waals surface area contributed by atoms with Gasteiger partial charge in [0.15, 0.2) is 0 Å². The van der Waals surface area contributed by atoms with Gasteiger partial charge in [-0.05, 0) is 72.4 Å². The molecule has 3 heteroatoms. The fourth-order valence-electron chi connectivity index (χ4n) is 3.41. The molecule has 31 heavy (non-hydrogen) atoms. The smallest absolute Gasteiger partial charge is 0.335 e. The molecule has 0 fully saturated rings. The molecule has 0 heterocycles. The molecule has 0 aliphatic carbocycles. The molecule has 0 amide bonds. The summed E-state index contributed by atoms with van der Waals surface area (Å²) in [5.41, 5.74) is 6.81. The third-order valence-corrected chi connectivity index (χ3v) is 5.26. The van der Waals surface area contributed by atoms with Gasteiger partial charge in [-0.3, -0.25) is 0 Å². The van der Waals surface area contributed by atoms with Crippen molar-refractivity contribution in [3.8, 4) is 11.8 Å². The molecule has 3 nitrogen and oxygen atoms in total. The monoisotopic (exact) mass is 411 g/mol. The summed E-state index contributed by atoms with van der Waals surface area (Å²) in [5, 5.41) is 12.5. The van der Waals surface area contributed by atoms with Crippen molar-refractivity contribution in [2.75, 3.05) is 0 Å². The number of hydrogen-bond donors (Lipinski definition) is 2. The molecule has 3 aromatic rings. The maximum Gasteiger partial charge on any atom is 0.335 e. The van der Waals surface area contributed by atoms with Crippen LogP contribution < -0.4 is 5.32 Å². The van der Waals surface area contributed by atoms with E-state index in [1.165, 1.54) is 24.0 Å². The SMILES string of the molecule is CCCCc1ccc(C#Cc2ccc(CNCc3ccc(C(=O)O)c(C)c3)cc2)cc1. The van der Waals surface area contributed by atoms with E-state index < -0.39 is 5.97 Å². The summed E-state index contributed by atoms with van der Waals surface area (Å²) in [4.78, 5) is 11.1. The van der Waals surface area contributed by atoms with E-state index in [2.05, 4.69) is 60.5 Å². The Balaban J connectivity index is 1.51. The van der Waals surface area contributed by atoms with Crippen LogP contribution in [0.5, 0.6) is 0 Å². The van der Waals surface area contributed by atoms with Crippen molar-refractivity contribution in [1.82, 2.24) is 5.32 Å². The Morgan fingerprint density at radius 3 is 1.94 bits per heavy atom. The molecule has 0 unspecified atom stereocenters. The number of carboxylic acids is 1. The van der Waals surface area contributed by atoms with Gasteiger partial charge in [-0.2, -0.15) is 0 Å². The molecular formula is C28H29NO2. The molecule has 0 aliphatic rings. The van der Waals surface area contributed by atoms with Crippen LogP contribution >= 0.6 is 0 Å². The first-order chi connectivity index (χ1) is 15.0. The van der Waals surface area contributed by atoms with Crippen LogP contribution in [0.1, 0.15) is 63.5 Å². The first kappa shape index (κ1) is 22.3. The van der Waals surface area contributed by atoms with Gasteiger partial charge in [0.2, 0.25) is 0 Å². The number of rotatable bonds is 8. The zero-order valence-electron chi connectivity index (χ0n) is 18.2. The Morgan fingerprint density at radius 1 is 0.839 bits per heavy atom. The molecule has 158 valence electrons. The molecule has 2 N–H and O–H groups in total. The normalized spacial score (nSPS) is 10.4. The molecule has 3 aromatic carbocycles. The number of unbranched alkanes of at least 4 members (excludes halogenated alkanes) is 1. The summed E-state index contributed by atoms with van der Waals surface area (Å²) in [5.74, 6) is 5.59. The van der Waals surface area contributed by atoms with Crippen LogP contribution in [-0.4, -0.2) is 11.1 Å². The molecule has 0 radical (unpaired) electrons. The maximum absolute atomic E-state index is 11.1. The molecule has 0 saturated heterocycles. The van der Waals surface area contributed by atoms with E-state index in [9.17, 15) is 4.79 Å². The van der Waals surface area contributed by atoms with Gasteiger partial charge in [0, 0.05) is 24.2 Å². The number of aromatic carboxylic acids is 1. The van der Waals surface area contributed by atoms with Crippen molar-refractivity contribution in [1.29, 1.82) is 0 Å². The number of nitrogens with one attached hydrogen (secondary N) is 1. The lowest BCUT2D eigenvalue weighted by atomic mass is 10.1. The van der Waals surface area contributed by atoms with Crippen LogP contribution in [0.25, 0.3) is 0 Å². The third kappa shape index (κ3) is 6.84. The molecular weight excluding hydrogens is 382 g/mol. The average Bonchev–Trinajstić information content (AvgIpc) is 2.77. The van der Waals surface area contributed by atoms with Crippen LogP contribution in [-0.2, 0) is 19.5 Å². The van der Waals surface area contributed by atoms with Crippen LogP contribution in [0, 0.1) is 18.8 Å². The van der Waals surface area contributed by atoms with E-state index in [1.54, 1.807) is 6.07 Å². The van der Waals surface area contributed by atoms with E-state index >= 15 is 0 Å². The number of aryl methyl sites for hydroxylation is 2. The highest BCUT2D eigenvalue weighted by molar-refractivity contribution is 5.89. The summed E-state index contributed by atoms with van der Waals surface area (Å²) in [6.45, 7) is 5.47. The van der Waals surface area contributed by atoms with Gasteiger partial charge in [0.25, 0.3) is 0 Å². The van der Waals surface area contributed by atoms with Crippen LogP contribution in [0.4, 0.5) is 0 Å². The highest BCUT2D eigenvalue weighted by atomic mass is 16.4. The lowest BCUT2D eigenvalue weighted by Gasteiger charge is -2.08. The zero-order valence-corrected chi connectivity index (χ0v) is 18.2. The number of carboxylic acid groups (broad SMARTS) is 1. The van der Waals surface area contributed by atoms with Gasteiger partial charge in [0.05, 0.1) is 5.56 Å². The van der Waals surface area contributed by atoms with Crippen molar-refractivity contribution in [3.05, 3.63) is 106 Å². The van der Waals surface area contributed by atoms with Gasteiger partial charge in [0.1, 0.15) is 0 Å². The second-order valence-electron chi connectivity index (χ2n) is 7.81. The van der Waals surface area contributed by atoms with Crippen LogP contribution in [0.3, 0.4) is 0 Å². The molecule has 0 aromatic heterocycles. The second kappa shape index (κ2) is 11.2. The first-order valence-corrected chi connectivity index (χ1v) is 10.8. The average molecular weight is 412 g/mol. The molecule has 0 saturated carbocycles. The minimum Gasteiger partial charge on any atom is -0.478 e. The Morgan fingerprint density at radius 2 is 1.39 bits per heavy atom. The predicted octanol–water partition coefficient (Wildman–Crippen LogP) is 5.73. The Hall–Kier alpha value is -3.35. The van der Waals surface area contributed by atoms with Crippen LogP contribution in [0.15, 0.2) is 66.7 Å². The summed E-state index contributed by atoms with van der Waals surface area (Å²) in [7, 11) is 0. The van der Waals surface area contributed by atoms with Gasteiger partial charge in [-0.25, -0.2) is 4.79 Å². The van der Waals surface area contributed by atoms with Gasteiger partial charge in [-0.1, -0.05) is 61.6 Å². The Bertz CT molecular complexity index is 1070. The molecule has 3 rings (SSSR count). The molecule has 0 aliphatic heterocycles. The fourth-order valence-corrected chi connectivity index (χ4v) is 3.41. The minimum atomic E-state index is -0.885. The number of hydrogen-bond acceptors (Lipinski definition) is 2. The Labute approximate surface area is 185 Å². The van der Waals surface area contributed by atoms with E-state index in [4.69, 9.17) is 5.11 Å². The van der Waals surface area contributed by atoms with Crippen molar-refractivity contribution < 1.29 is 9.90 Å². The van der Waals surface area contributed by atoms with E-state index in [0.29, 0.717) is 12.1 Å². The Kier molecular flexibility index (Phi) is 8.04. The largest absolute Gasteiger partial charge is 0.478 e. The summed E-state index contributed by atoms with van der Waals surface area (Å²) >= 11 is 0. The van der Waals surface area contributed by atoms with E-state index in [0.717, 1.165) is 35.2 Å². The molecule has 0 atom stereocenters. The summed E-state index contributed by atoms with van der Waals surface area (Å²) < 4.78 is 0. The number of benzene rings is 3. The molecule has 0 bridgehead atoms. The fraction of sp³-hybridized carbons (Fsp3) is 0.250. The summed E-state index contributed by atoms with van der Waals surface area (Å²) in [6, 6.07) is 22.3. The zero-order chi connectivity index (χ0) is 22.1. The predicted molar refractivity (Wildman–Crippen MR) is 126 cm³/mol.